The Hall–Kier alpha value is -0.970. The van der Waals surface area contributed by atoms with Crippen LogP contribution in [-0.2, 0) is 11.2 Å². The van der Waals surface area contributed by atoms with Gasteiger partial charge in [0.15, 0.2) is 0 Å². The molecule has 4 heteroatoms. The quantitative estimate of drug-likeness (QED) is 0.795. The molecule has 2 fully saturated rings. The Morgan fingerprint density at radius 3 is 2.42 bits per heavy atom. The number of likely N-dealkylation sites (tertiary alicyclic amines) is 1. The Bertz CT molecular complexity index is 479. The maximum Gasteiger partial charge on any atom is 0.123 e. The van der Waals surface area contributed by atoms with Gasteiger partial charge in [0.25, 0.3) is 0 Å². The molecule has 1 aromatic rings. The highest BCUT2D eigenvalue weighted by molar-refractivity contribution is 5.16. The van der Waals surface area contributed by atoms with Crippen LogP contribution in [0.4, 0.5) is 4.39 Å². The first kappa shape index (κ1) is 17.8. The molecule has 2 saturated heterocycles. The number of piperidine rings is 1. The summed E-state index contributed by atoms with van der Waals surface area (Å²) in [5.41, 5.74) is 1.23. The fraction of sp³-hybridized carbons (Fsp3) is 0.700. The van der Waals surface area contributed by atoms with Crippen molar-refractivity contribution in [1.82, 2.24) is 9.80 Å². The number of halogens is 1. The maximum absolute atomic E-state index is 12.9. The number of ether oxygens (including phenoxy) is 1. The SMILES string of the molecule is CN(CC1CCN(CCc2ccc(F)cc2)CC1)C1CCOCC1. The lowest BCUT2D eigenvalue weighted by molar-refractivity contribution is 0.0337. The van der Waals surface area contributed by atoms with E-state index in [0.29, 0.717) is 0 Å². The third-order valence-electron chi connectivity index (χ3n) is 5.70. The fourth-order valence-corrected chi connectivity index (χ4v) is 4.01. The van der Waals surface area contributed by atoms with E-state index in [1.807, 2.05) is 12.1 Å². The molecule has 0 saturated carbocycles. The highest BCUT2D eigenvalue weighted by atomic mass is 19.1. The fourth-order valence-electron chi connectivity index (χ4n) is 4.01. The van der Waals surface area contributed by atoms with Gasteiger partial charge in [0, 0.05) is 32.3 Å². The van der Waals surface area contributed by atoms with Gasteiger partial charge in [-0.15, -0.1) is 0 Å². The maximum atomic E-state index is 12.9. The van der Waals surface area contributed by atoms with Gasteiger partial charge in [-0.2, -0.15) is 0 Å². The number of benzene rings is 1. The van der Waals surface area contributed by atoms with Crippen LogP contribution in [0.2, 0.25) is 0 Å². The van der Waals surface area contributed by atoms with Crippen LogP contribution >= 0.6 is 0 Å². The summed E-state index contributed by atoms with van der Waals surface area (Å²) in [6.07, 6.45) is 6.00. The number of rotatable bonds is 6. The second-order valence-electron chi connectivity index (χ2n) is 7.44. The third kappa shape index (κ3) is 5.27. The van der Waals surface area contributed by atoms with Crippen LogP contribution in [0.15, 0.2) is 24.3 Å². The first-order valence-electron chi connectivity index (χ1n) is 9.45. The lowest BCUT2D eigenvalue weighted by Gasteiger charge is -2.37. The van der Waals surface area contributed by atoms with E-state index in [0.717, 1.165) is 38.1 Å². The van der Waals surface area contributed by atoms with Gasteiger partial charge in [0.05, 0.1) is 0 Å². The van der Waals surface area contributed by atoms with Gasteiger partial charge >= 0.3 is 0 Å². The van der Waals surface area contributed by atoms with E-state index in [2.05, 4.69) is 16.8 Å². The lowest BCUT2D eigenvalue weighted by atomic mass is 9.94. The molecule has 1 aromatic carbocycles. The van der Waals surface area contributed by atoms with Gasteiger partial charge in [0.2, 0.25) is 0 Å². The van der Waals surface area contributed by atoms with Gasteiger partial charge in [0.1, 0.15) is 5.82 Å². The Labute approximate surface area is 145 Å². The van der Waals surface area contributed by atoms with Crippen molar-refractivity contribution in [2.45, 2.75) is 38.1 Å². The summed E-state index contributed by atoms with van der Waals surface area (Å²) in [6.45, 7) is 6.58. The predicted octanol–water partition coefficient (Wildman–Crippen LogP) is 3.19. The van der Waals surface area contributed by atoms with Gasteiger partial charge in [-0.3, -0.25) is 0 Å². The molecule has 2 aliphatic rings. The Kier molecular flexibility index (Phi) is 6.64. The molecule has 0 aliphatic carbocycles. The molecule has 0 spiro atoms. The molecule has 0 radical (unpaired) electrons. The Morgan fingerprint density at radius 2 is 1.75 bits per heavy atom. The van der Waals surface area contributed by atoms with Gasteiger partial charge in [-0.1, -0.05) is 12.1 Å². The van der Waals surface area contributed by atoms with Crippen molar-refractivity contribution in [1.29, 1.82) is 0 Å². The highest BCUT2D eigenvalue weighted by Gasteiger charge is 2.24. The summed E-state index contributed by atoms with van der Waals surface area (Å²) in [6, 6.07) is 7.66. The molecule has 2 heterocycles. The van der Waals surface area contributed by atoms with Crippen molar-refractivity contribution in [2.24, 2.45) is 5.92 Å². The van der Waals surface area contributed by atoms with Crippen LogP contribution < -0.4 is 0 Å². The second kappa shape index (κ2) is 8.93. The molecule has 0 aromatic heterocycles. The average Bonchev–Trinajstić information content (AvgIpc) is 2.63. The van der Waals surface area contributed by atoms with Crippen molar-refractivity contribution in [3.05, 3.63) is 35.6 Å². The largest absolute Gasteiger partial charge is 0.381 e. The minimum atomic E-state index is -0.145. The predicted molar refractivity (Wildman–Crippen MR) is 95.7 cm³/mol. The summed E-state index contributed by atoms with van der Waals surface area (Å²) in [5, 5.41) is 0. The zero-order valence-corrected chi connectivity index (χ0v) is 14.9. The second-order valence-corrected chi connectivity index (χ2v) is 7.44. The van der Waals surface area contributed by atoms with Crippen LogP contribution in [-0.4, -0.2) is 62.3 Å². The standard InChI is InChI=1S/C20H31FN2O/c1-22(20-9-14-24-15-10-20)16-18-7-12-23(13-8-18)11-6-17-2-4-19(21)5-3-17/h2-5,18,20H,6-16H2,1H3. The van der Waals surface area contributed by atoms with Gasteiger partial charge in [-0.05, 0) is 75.9 Å². The molecule has 0 atom stereocenters. The molecule has 2 aliphatic heterocycles. The van der Waals surface area contributed by atoms with Crippen LogP contribution in [0.3, 0.4) is 0 Å². The summed E-state index contributed by atoms with van der Waals surface area (Å²) in [5.74, 6) is 0.688. The summed E-state index contributed by atoms with van der Waals surface area (Å²) >= 11 is 0. The van der Waals surface area contributed by atoms with Gasteiger partial charge < -0.3 is 14.5 Å². The first-order chi connectivity index (χ1) is 11.7. The minimum Gasteiger partial charge on any atom is -0.381 e. The van der Waals surface area contributed by atoms with Crippen molar-refractivity contribution in [2.75, 3.05) is 46.4 Å². The topological polar surface area (TPSA) is 15.7 Å². The molecule has 3 rings (SSSR count). The van der Waals surface area contributed by atoms with Crippen molar-refractivity contribution >= 4 is 0 Å². The Morgan fingerprint density at radius 1 is 1.08 bits per heavy atom. The molecular weight excluding hydrogens is 303 g/mol. The van der Waals surface area contributed by atoms with E-state index in [1.165, 1.54) is 50.9 Å². The zero-order chi connectivity index (χ0) is 16.8. The summed E-state index contributed by atoms with van der Waals surface area (Å²) < 4.78 is 18.4. The normalized spacial score (nSPS) is 21.5. The molecule has 0 bridgehead atoms. The lowest BCUT2D eigenvalue weighted by Crippen LogP contribution is -2.43. The molecule has 134 valence electrons. The van der Waals surface area contributed by atoms with E-state index in [4.69, 9.17) is 4.74 Å². The third-order valence-corrected chi connectivity index (χ3v) is 5.70. The highest BCUT2D eigenvalue weighted by Crippen LogP contribution is 2.21. The van der Waals surface area contributed by atoms with Crippen LogP contribution in [0.5, 0.6) is 0 Å². The molecular formula is C20H31FN2O. The number of nitrogens with zero attached hydrogens (tertiary/aromatic N) is 2. The van der Waals surface area contributed by atoms with Crippen LogP contribution in [0.25, 0.3) is 0 Å². The van der Waals surface area contributed by atoms with E-state index in [-0.39, 0.29) is 5.82 Å². The van der Waals surface area contributed by atoms with Crippen LogP contribution in [0, 0.1) is 11.7 Å². The smallest absolute Gasteiger partial charge is 0.123 e. The summed E-state index contributed by atoms with van der Waals surface area (Å²) in [4.78, 5) is 5.13. The first-order valence-corrected chi connectivity index (χ1v) is 9.45. The molecule has 24 heavy (non-hydrogen) atoms. The van der Waals surface area contributed by atoms with Gasteiger partial charge in [-0.25, -0.2) is 4.39 Å². The zero-order valence-electron chi connectivity index (χ0n) is 14.9. The van der Waals surface area contributed by atoms with Crippen molar-refractivity contribution in [3.63, 3.8) is 0 Å². The van der Waals surface area contributed by atoms with E-state index < -0.39 is 0 Å². The van der Waals surface area contributed by atoms with E-state index in [9.17, 15) is 4.39 Å². The monoisotopic (exact) mass is 334 g/mol. The molecule has 3 nitrogen and oxygen atoms in total. The average molecular weight is 334 g/mol. The number of hydrogen-bond donors (Lipinski definition) is 0. The van der Waals surface area contributed by atoms with Crippen molar-refractivity contribution < 1.29 is 9.13 Å². The Balaban J connectivity index is 1.35. The number of hydrogen-bond acceptors (Lipinski definition) is 3. The van der Waals surface area contributed by atoms with Crippen molar-refractivity contribution in [3.8, 4) is 0 Å². The van der Waals surface area contributed by atoms with E-state index >= 15 is 0 Å². The molecule has 0 unspecified atom stereocenters. The van der Waals surface area contributed by atoms with Crippen LogP contribution in [0.1, 0.15) is 31.2 Å². The summed E-state index contributed by atoms with van der Waals surface area (Å²) in [7, 11) is 2.29. The minimum absolute atomic E-state index is 0.145. The molecule has 0 N–H and O–H groups in total. The molecule has 0 amide bonds. The van der Waals surface area contributed by atoms with E-state index in [1.54, 1.807) is 12.1 Å².